The van der Waals surface area contributed by atoms with Crippen LogP contribution in [-0.4, -0.2) is 31.2 Å². The van der Waals surface area contributed by atoms with Gasteiger partial charge < -0.3 is 15.5 Å². The molecule has 4 nitrogen and oxygen atoms in total. The van der Waals surface area contributed by atoms with Crippen LogP contribution in [0.25, 0.3) is 0 Å². The van der Waals surface area contributed by atoms with Gasteiger partial charge in [0, 0.05) is 30.9 Å². The third-order valence-corrected chi connectivity index (χ3v) is 4.34. The lowest BCUT2D eigenvalue weighted by Crippen LogP contribution is -2.46. The van der Waals surface area contributed by atoms with E-state index in [4.69, 9.17) is 0 Å². The Morgan fingerprint density at radius 2 is 1.70 bits per heavy atom. The van der Waals surface area contributed by atoms with Gasteiger partial charge in [0.15, 0.2) is 0 Å². The minimum Gasteiger partial charge on any atom is -0.369 e. The molecule has 20 heavy (non-hydrogen) atoms. The van der Waals surface area contributed by atoms with Crippen LogP contribution in [0.5, 0.6) is 0 Å². The van der Waals surface area contributed by atoms with E-state index in [-0.39, 0.29) is 12.1 Å². The van der Waals surface area contributed by atoms with E-state index in [9.17, 15) is 4.79 Å². The van der Waals surface area contributed by atoms with Crippen LogP contribution in [0, 0.1) is 0 Å². The van der Waals surface area contributed by atoms with Gasteiger partial charge in [-0.25, -0.2) is 4.79 Å². The molecule has 3 rings (SSSR count). The summed E-state index contributed by atoms with van der Waals surface area (Å²) >= 11 is 0. The highest BCUT2D eigenvalue weighted by atomic mass is 16.2. The second-order valence-corrected chi connectivity index (χ2v) is 5.87. The first-order chi connectivity index (χ1) is 9.81. The van der Waals surface area contributed by atoms with Crippen LogP contribution in [0.2, 0.25) is 0 Å². The summed E-state index contributed by atoms with van der Waals surface area (Å²) in [6, 6.07) is 11.1. The summed E-state index contributed by atoms with van der Waals surface area (Å²) in [5, 5.41) is 6.21. The lowest BCUT2D eigenvalue weighted by molar-refractivity contribution is 0.234. The minimum absolute atomic E-state index is 0.0109. The largest absolute Gasteiger partial charge is 0.369 e. The van der Waals surface area contributed by atoms with Crippen LogP contribution in [0.4, 0.5) is 10.5 Å². The van der Waals surface area contributed by atoms with Gasteiger partial charge in [0.2, 0.25) is 0 Å². The molecule has 1 aromatic rings. The topological polar surface area (TPSA) is 44.4 Å². The fourth-order valence-corrected chi connectivity index (χ4v) is 3.23. The SMILES string of the molecule is O=C(NC1CCCC1)N[C@@H]1CCN(c2ccccc2)C1. The van der Waals surface area contributed by atoms with Crippen molar-refractivity contribution in [3.63, 3.8) is 0 Å². The third kappa shape index (κ3) is 3.24. The first-order valence-corrected chi connectivity index (χ1v) is 7.68. The highest BCUT2D eigenvalue weighted by Gasteiger charge is 2.25. The molecule has 0 radical (unpaired) electrons. The smallest absolute Gasteiger partial charge is 0.315 e. The Morgan fingerprint density at radius 1 is 1.00 bits per heavy atom. The molecule has 1 atom stereocenters. The number of para-hydroxylation sites is 1. The molecule has 2 fully saturated rings. The van der Waals surface area contributed by atoms with E-state index in [0.29, 0.717) is 6.04 Å². The molecular formula is C16H23N3O. The number of hydrogen-bond acceptors (Lipinski definition) is 2. The Bertz CT molecular complexity index is 442. The summed E-state index contributed by atoms with van der Waals surface area (Å²) in [7, 11) is 0. The Labute approximate surface area is 120 Å². The molecule has 0 aromatic heterocycles. The van der Waals surface area contributed by atoms with Gasteiger partial charge in [0.25, 0.3) is 0 Å². The number of benzene rings is 1. The quantitative estimate of drug-likeness (QED) is 0.888. The summed E-state index contributed by atoms with van der Waals surface area (Å²) < 4.78 is 0. The van der Waals surface area contributed by atoms with Gasteiger partial charge in [-0.1, -0.05) is 31.0 Å². The molecule has 1 heterocycles. The summed E-state index contributed by atoms with van der Waals surface area (Å²) in [6.07, 6.45) is 5.78. The Kier molecular flexibility index (Phi) is 4.09. The number of rotatable bonds is 3. The summed E-state index contributed by atoms with van der Waals surface area (Å²) in [6.45, 7) is 1.92. The molecule has 1 saturated heterocycles. The van der Waals surface area contributed by atoms with Crippen molar-refractivity contribution in [2.24, 2.45) is 0 Å². The average molecular weight is 273 g/mol. The standard InChI is InChI=1S/C16H23N3O/c20-16(17-13-6-4-5-7-13)18-14-10-11-19(12-14)15-8-2-1-3-9-15/h1-3,8-9,13-14H,4-7,10-12H2,(H2,17,18,20)/t14-/m1/s1. The molecule has 4 heteroatoms. The van der Waals surface area contributed by atoms with Crippen molar-refractivity contribution in [3.05, 3.63) is 30.3 Å². The summed E-state index contributed by atoms with van der Waals surface area (Å²) in [5.74, 6) is 0. The second kappa shape index (κ2) is 6.16. The van der Waals surface area contributed by atoms with Gasteiger partial charge in [0.1, 0.15) is 0 Å². The van der Waals surface area contributed by atoms with Crippen molar-refractivity contribution >= 4 is 11.7 Å². The number of nitrogens with zero attached hydrogens (tertiary/aromatic N) is 1. The predicted molar refractivity (Wildman–Crippen MR) is 81.0 cm³/mol. The van der Waals surface area contributed by atoms with Crippen molar-refractivity contribution in [1.82, 2.24) is 10.6 Å². The van der Waals surface area contributed by atoms with E-state index in [0.717, 1.165) is 32.4 Å². The molecule has 0 bridgehead atoms. The fraction of sp³-hybridized carbons (Fsp3) is 0.562. The van der Waals surface area contributed by atoms with Crippen molar-refractivity contribution in [2.75, 3.05) is 18.0 Å². The molecule has 0 spiro atoms. The second-order valence-electron chi connectivity index (χ2n) is 5.87. The molecule has 1 aromatic carbocycles. The Hall–Kier alpha value is -1.71. The fourth-order valence-electron chi connectivity index (χ4n) is 3.23. The molecule has 1 aliphatic heterocycles. The molecule has 2 N–H and O–H groups in total. The number of carbonyl (C=O) groups is 1. The molecule has 2 amide bonds. The summed E-state index contributed by atoms with van der Waals surface area (Å²) in [4.78, 5) is 14.3. The van der Waals surface area contributed by atoms with Crippen molar-refractivity contribution in [3.8, 4) is 0 Å². The van der Waals surface area contributed by atoms with Crippen molar-refractivity contribution in [1.29, 1.82) is 0 Å². The van der Waals surface area contributed by atoms with Gasteiger partial charge in [-0.3, -0.25) is 0 Å². The van der Waals surface area contributed by atoms with E-state index in [2.05, 4.69) is 39.8 Å². The van der Waals surface area contributed by atoms with Crippen LogP contribution in [0.3, 0.4) is 0 Å². The minimum atomic E-state index is 0.0109. The third-order valence-electron chi connectivity index (χ3n) is 4.34. The molecule has 0 unspecified atom stereocenters. The van der Waals surface area contributed by atoms with Gasteiger partial charge in [-0.15, -0.1) is 0 Å². The lowest BCUT2D eigenvalue weighted by Gasteiger charge is -2.20. The maximum atomic E-state index is 12.0. The van der Waals surface area contributed by atoms with E-state index < -0.39 is 0 Å². The maximum Gasteiger partial charge on any atom is 0.315 e. The van der Waals surface area contributed by atoms with Crippen LogP contribution < -0.4 is 15.5 Å². The number of carbonyl (C=O) groups excluding carboxylic acids is 1. The van der Waals surface area contributed by atoms with Crippen LogP contribution in [0.1, 0.15) is 32.1 Å². The lowest BCUT2D eigenvalue weighted by atomic mass is 10.2. The van der Waals surface area contributed by atoms with Crippen LogP contribution in [0.15, 0.2) is 30.3 Å². The highest BCUT2D eigenvalue weighted by Crippen LogP contribution is 2.20. The Morgan fingerprint density at radius 3 is 2.45 bits per heavy atom. The highest BCUT2D eigenvalue weighted by molar-refractivity contribution is 5.74. The first-order valence-electron chi connectivity index (χ1n) is 7.68. The predicted octanol–water partition coefficient (Wildman–Crippen LogP) is 2.51. The van der Waals surface area contributed by atoms with E-state index >= 15 is 0 Å². The van der Waals surface area contributed by atoms with Gasteiger partial charge in [0.05, 0.1) is 0 Å². The molecular weight excluding hydrogens is 250 g/mol. The van der Waals surface area contributed by atoms with Crippen LogP contribution >= 0.6 is 0 Å². The zero-order chi connectivity index (χ0) is 13.8. The summed E-state index contributed by atoms with van der Waals surface area (Å²) in [5.41, 5.74) is 1.24. The number of hydrogen-bond donors (Lipinski definition) is 2. The van der Waals surface area contributed by atoms with Crippen LogP contribution in [-0.2, 0) is 0 Å². The number of urea groups is 1. The monoisotopic (exact) mass is 273 g/mol. The zero-order valence-corrected chi connectivity index (χ0v) is 11.8. The normalized spacial score (nSPS) is 23.0. The molecule has 108 valence electrons. The molecule has 2 aliphatic rings. The zero-order valence-electron chi connectivity index (χ0n) is 11.8. The van der Waals surface area contributed by atoms with Gasteiger partial charge in [-0.2, -0.15) is 0 Å². The van der Waals surface area contributed by atoms with E-state index in [1.807, 2.05) is 6.07 Å². The number of anilines is 1. The number of nitrogens with one attached hydrogen (secondary N) is 2. The van der Waals surface area contributed by atoms with Gasteiger partial charge in [-0.05, 0) is 31.4 Å². The van der Waals surface area contributed by atoms with E-state index in [1.165, 1.54) is 18.5 Å². The van der Waals surface area contributed by atoms with Crippen molar-refractivity contribution in [2.45, 2.75) is 44.2 Å². The number of amides is 2. The molecule has 1 saturated carbocycles. The average Bonchev–Trinajstić information content (AvgIpc) is 3.11. The van der Waals surface area contributed by atoms with Gasteiger partial charge >= 0.3 is 6.03 Å². The van der Waals surface area contributed by atoms with E-state index in [1.54, 1.807) is 0 Å². The molecule has 1 aliphatic carbocycles. The first kappa shape index (κ1) is 13.3. The Balaban J connectivity index is 1.46. The maximum absolute atomic E-state index is 12.0. The van der Waals surface area contributed by atoms with Crippen molar-refractivity contribution < 1.29 is 4.79 Å².